The van der Waals surface area contributed by atoms with Crippen molar-refractivity contribution in [3.05, 3.63) is 59.7 Å². The van der Waals surface area contributed by atoms with Crippen LogP contribution in [0.1, 0.15) is 51.3 Å². The average Bonchev–Trinajstić information content (AvgIpc) is 3.17. The molecule has 2 atom stereocenters. The summed E-state index contributed by atoms with van der Waals surface area (Å²) >= 11 is 0. The highest BCUT2D eigenvalue weighted by Gasteiger charge is 2.47. The number of hydrogen-bond donors (Lipinski definition) is 0. The first-order valence-electron chi connectivity index (χ1n) is 11.5. The average molecular weight is 434 g/mol. The van der Waals surface area contributed by atoms with Gasteiger partial charge in [0.1, 0.15) is 0 Å². The van der Waals surface area contributed by atoms with E-state index in [9.17, 15) is 9.59 Å². The summed E-state index contributed by atoms with van der Waals surface area (Å²) in [7, 11) is 0. The number of para-hydroxylation sites is 2. The molecule has 1 aliphatic rings. The van der Waals surface area contributed by atoms with Crippen LogP contribution in [0.3, 0.4) is 0 Å². The standard InChI is InChI=1S/C26H31N3O3/c1-5-18-11-13-19(14-12-18)23-22(25(31)32-6-2)24(30)28(16-15-17(3)4)26-27-20-9-7-8-10-21(20)29(23)26/h7-14,17,22-23H,5-6,15-16H2,1-4H3/t22-,23-/m0/s1. The van der Waals surface area contributed by atoms with Crippen LogP contribution in [-0.4, -0.2) is 34.6 Å². The van der Waals surface area contributed by atoms with Gasteiger partial charge in [0, 0.05) is 6.54 Å². The Balaban J connectivity index is 1.94. The summed E-state index contributed by atoms with van der Waals surface area (Å²) in [6, 6.07) is 15.5. The van der Waals surface area contributed by atoms with Crippen LogP contribution >= 0.6 is 0 Å². The van der Waals surface area contributed by atoms with Gasteiger partial charge in [-0.2, -0.15) is 0 Å². The smallest absolute Gasteiger partial charge is 0.321 e. The van der Waals surface area contributed by atoms with Gasteiger partial charge in [0.15, 0.2) is 5.92 Å². The van der Waals surface area contributed by atoms with Gasteiger partial charge in [0.25, 0.3) is 0 Å². The van der Waals surface area contributed by atoms with E-state index in [1.54, 1.807) is 11.8 Å². The number of benzene rings is 2. The lowest BCUT2D eigenvalue weighted by molar-refractivity contribution is -0.153. The van der Waals surface area contributed by atoms with Crippen molar-refractivity contribution in [2.24, 2.45) is 11.8 Å². The molecule has 0 unspecified atom stereocenters. The SMILES string of the molecule is CCOC(=O)[C@@H]1C(=O)N(CCC(C)C)c2nc3ccccc3n2[C@H]1c1ccc(CC)cc1. The Labute approximate surface area is 189 Å². The zero-order valence-corrected chi connectivity index (χ0v) is 19.2. The first-order valence-corrected chi connectivity index (χ1v) is 11.5. The molecule has 0 radical (unpaired) electrons. The second-order valence-corrected chi connectivity index (χ2v) is 8.71. The maximum absolute atomic E-state index is 13.8. The number of carbonyl (C=O) groups excluding carboxylic acids is 2. The Bertz CT molecular complexity index is 1120. The van der Waals surface area contributed by atoms with Gasteiger partial charge >= 0.3 is 5.97 Å². The fraction of sp³-hybridized carbons (Fsp3) is 0.423. The zero-order valence-electron chi connectivity index (χ0n) is 19.2. The lowest BCUT2D eigenvalue weighted by Gasteiger charge is -2.38. The third-order valence-corrected chi connectivity index (χ3v) is 6.14. The van der Waals surface area contributed by atoms with Crippen LogP contribution in [0.2, 0.25) is 0 Å². The van der Waals surface area contributed by atoms with E-state index in [2.05, 4.69) is 37.5 Å². The molecule has 2 heterocycles. The molecule has 1 aliphatic heterocycles. The minimum Gasteiger partial charge on any atom is -0.465 e. The number of fused-ring (bicyclic) bond motifs is 3. The summed E-state index contributed by atoms with van der Waals surface area (Å²) in [6.07, 6.45) is 1.74. The van der Waals surface area contributed by atoms with Crippen LogP contribution < -0.4 is 4.90 Å². The van der Waals surface area contributed by atoms with Crippen molar-refractivity contribution < 1.29 is 14.3 Å². The lowest BCUT2D eigenvalue weighted by Crippen LogP contribution is -2.50. The Morgan fingerprint density at radius 1 is 1.09 bits per heavy atom. The molecule has 0 spiro atoms. The molecule has 3 aromatic rings. The molecular formula is C26H31N3O3. The maximum atomic E-state index is 13.8. The zero-order chi connectivity index (χ0) is 22.8. The van der Waals surface area contributed by atoms with Gasteiger partial charge in [-0.3, -0.25) is 14.5 Å². The molecule has 0 saturated carbocycles. The summed E-state index contributed by atoms with van der Waals surface area (Å²) in [5, 5.41) is 0. The van der Waals surface area contributed by atoms with Crippen LogP contribution in [-0.2, 0) is 20.7 Å². The summed E-state index contributed by atoms with van der Waals surface area (Å²) in [4.78, 5) is 33.4. The first-order chi connectivity index (χ1) is 15.5. The number of imidazole rings is 1. The van der Waals surface area contributed by atoms with E-state index >= 15 is 0 Å². The Hall–Kier alpha value is -3.15. The van der Waals surface area contributed by atoms with E-state index in [4.69, 9.17) is 9.72 Å². The number of ether oxygens (including phenoxy) is 1. The minimum absolute atomic E-state index is 0.230. The molecule has 32 heavy (non-hydrogen) atoms. The molecule has 6 nitrogen and oxygen atoms in total. The van der Waals surface area contributed by atoms with Crippen molar-refractivity contribution in [1.29, 1.82) is 0 Å². The van der Waals surface area contributed by atoms with Crippen LogP contribution in [0.15, 0.2) is 48.5 Å². The molecule has 0 fully saturated rings. The van der Waals surface area contributed by atoms with Crippen molar-refractivity contribution in [2.75, 3.05) is 18.1 Å². The van der Waals surface area contributed by atoms with E-state index in [-0.39, 0.29) is 12.5 Å². The van der Waals surface area contributed by atoms with Crippen molar-refractivity contribution >= 4 is 28.9 Å². The topological polar surface area (TPSA) is 64.4 Å². The second kappa shape index (κ2) is 9.15. The van der Waals surface area contributed by atoms with E-state index in [1.807, 2.05) is 36.4 Å². The maximum Gasteiger partial charge on any atom is 0.321 e. The summed E-state index contributed by atoms with van der Waals surface area (Å²) < 4.78 is 7.46. The highest BCUT2D eigenvalue weighted by molar-refractivity contribution is 6.08. The third-order valence-electron chi connectivity index (χ3n) is 6.14. The second-order valence-electron chi connectivity index (χ2n) is 8.71. The molecule has 1 amide bonds. The highest BCUT2D eigenvalue weighted by atomic mass is 16.5. The largest absolute Gasteiger partial charge is 0.465 e. The number of aromatic nitrogens is 2. The monoisotopic (exact) mass is 433 g/mol. The molecule has 4 rings (SSSR count). The van der Waals surface area contributed by atoms with Gasteiger partial charge in [-0.05, 0) is 48.9 Å². The first kappa shape index (κ1) is 22.1. The number of nitrogens with zero attached hydrogens (tertiary/aromatic N) is 3. The fourth-order valence-corrected chi connectivity index (χ4v) is 4.40. The molecule has 6 heteroatoms. The lowest BCUT2D eigenvalue weighted by atomic mass is 9.88. The normalized spacial score (nSPS) is 18.3. The number of anilines is 1. The summed E-state index contributed by atoms with van der Waals surface area (Å²) in [5.41, 5.74) is 3.83. The summed E-state index contributed by atoms with van der Waals surface area (Å²) in [5.74, 6) is -0.667. The highest BCUT2D eigenvalue weighted by Crippen LogP contribution is 2.41. The van der Waals surface area contributed by atoms with Gasteiger partial charge in [0.2, 0.25) is 11.9 Å². The molecule has 0 saturated heterocycles. The third kappa shape index (κ3) is 3.90. The van der Waals surface area contributed by atoms with Gasteiger partial charge in [-0.25, -0.2) is 4.98 Å². The van der Waals surface area contributed by atoms with E-state index in [1.165, 1.54) is 5.56 Å². The molecule has 0 aliphatic carbocycles. The molecular weight excluding hydrogens is 402 g/mol. The molecule has 0 N–H and O–H groups in total. The Morgan fingerprint density at radius 3 is 2.47 bits per heavy atom. The number of rotatable bonds is 7. The minimum atomic E-state index is -0.959. The van der Waals surface area contributed by atoms with Crippen LogP contribution in [0.5, 0.6) is 0 Å². The number of carbonyl (C=O) groups is 2. The Morgan fingerprint density at radius 2 is 1.81 bits per heavy atom. The quantitative estimate of drug-likeness (QED) is 0.398. The molecule has 168 valence electrons. The molecule has 2 aromatic carbocycles. The van der Waals surface area contributed by atoms with Gasteiger partial charge < -0.3 is 9.30 Å². The van der Waals surface area contributed by atoms with Gasteiger partial charge in [0.05, 0.1) is 23.7 Å². The van der Waals surface area contributed by atoms with Crippen molar-refractivity contribution in [3.63, 3.8) is 0 Å². The van der Waals surface area contributed by atoms with Crippen molar-refractivity contribution in [1.82, 2.24) is 9.55 Å². The van der Waals surface area contributed by atoms with Gasteiger partial charge in [-0.1, -0.05) is 57.2 Å². The van der Waals surface area contributed by atoms with Crippen LogP contribution in [0.25, 0.3) is 11.0 Å². The van der Waals surface area contributed by atoms with E-state index < -0.39 is 17.9 Å². The number of hydrogen-bond acceptors (Lipinski definition) is 4. The Kier molecular flexibility index (Phi) is 6.31. The predicted octanol–water partition coefficient (Wildman–Crippen LogP) is 4.76. The number of amides is 1. The molecule has 0 bridgehead atoms. The molecule has 1 aromatic heterocycles. The van der Waals surface area contributed by atoms with Crippen molar-refractivity contribution in [2.45, 2.75) is 46.6 Å². The summed E-state index contributed by atoms with van der Waals surface area (Å²) in [6.45, 7) is 8.86. The van der Waals surface area contributed by atoms with Crippen LogP contribution in [0.4, 0.5) is 5.95 Å². The van der Waals surface area contributed by atoms with Gasteiger partial charge in [-0.15, -0.1) is 0 Å². The fourth-order valence-electron chi connectivity index (χ4n) is 4.40. The van der Waals surface area contributed by atoms with Crippen LogP contribution in [0, 0.1) is 11.8 Å². The van der Waals surface area contributed by atoms with E-state index in [0.29, 0.717) is 18.4 Å². The predicted molar refractivity (Wildman–Crippen MR) is 126 cm³/mol. The van der Waals surface area contributed by atoms with E-state index in [0.717, 1.165) is 29.4 Å². The number of aryl methyl sites for hydroxylation is 1. The van der Waals surface area contributed by atoms with Crippen molar-refractivity contribution in [3.8, 4) is 0 Å². The number of esters is 1.